The molecule has 2 rings (SSSR count). The number of nitriles is 1. The van der Waals surface area contributed by atoms with Crippen molar-refractivity contribution in [2.45, 2.75) is 31.2 Å². The van der Waals surface area contributed by atoms with Crippen molar-refractivity contribution in [3.8, 4) is 6.07 Å². The Kier molecular flexibility index (Phi) is 5.91. The summed E-state index contributed by atoms with van der Waals surface area (Å²) in [7, 11) is -3.61. The number of sulfonamides is 1. The highest BCUT2D eigenvalue weighted by atomic mass is 32.2. The third kappa shape index (κ3) is 4.66. The molecule has 2 aromatic carbocycles. The first-order valence-corrected chi connectivity index (χ1v) is 9.28. The number of carbonyl (C=O) groups excluding carboxylic acids is 1. The quantitative estimate of drug-likeness (QED) is 0.830. The van der Waals surface area contributed by atoms with E-state index in [1.165, 1.54) is 24.3 Å². The molecule has 0 aliphatic rings. The minimum absolute atomic E-state index is 0.0989. The van der Waals surface area contributed by atoms with E-state index in [2.05, 4.69) is 10.0 Å². The largest absolute Gasteiger partial charge is 0.321 e. The van der Waals surface area contributed by atoms with Crippen molar-refractivity contribution in [3.63, 3.8) is 0 Å². The molecule has 25 heavy (non-hydrogen) atoms. The monoisotopic (exact) mass is 357 g/mol. The Bertz CT molecular complexity index is 900. The number of carbonyl (C=O) groups is 1. The van der Waals surface area contributed by atoms with Crippen molar-refractivity contribution >= 4 is 21.6 Å². The SMILES string of the molecule is CCC(C)NS(=O)(=O)c1ccc(C(=O)Nc2ccccc2C#N)cc1. The van der Waals surface area contributed by atoms with Gasteiger partial charge in [-0.25, -0.2) is 13.1 Å². The second-order valence-electron chi connectivity index (χ2n) is 5.57. The number of amides is 1. The first-order valence-electron chi connectivity index (χ1n) is 7.80. The first-order chi connectivity index (χ1) is 11.9. The minimum atomic E-state index is -3.61. The second-order valence-corrected chi connectivity index (χ2v) is 7.28. The molecule has 0 spiro atoms. The molecule has 0 saturated heterocycles. The molecule has 7 heteroatoms. The standard InChI is InChI=1S/C18H19N3O3S/c1-3-13(2)21-25(23,24)16-10-8-14(9-11-16)18(22)20-17-7-5-4-6-15(17)12-19/h4-11,13,21H,3H2,1-2H3,(H,20,22). The predicted octanol–water partition coefficient (Wildman–Crippen LogP) is 2.89. The van der Waals surface area contributed by atoms with Gasteiger partial charge < -0.3 is 5.32 Å². The zero-order valence-electron chi connectivity index (χ0n) is 14.0. The highest BCUT2D eigenvalue weighted by Gasteiger charge is 2.17. The van der Waals surface area contributed by atoms with Crippen LogP contribution in [0.4, 0.5) is 5.69 Å². The second kappa shape index (κ2) is 7.92. The average Bonchev–Trinajstić information content (AvgIpc) is 2.61. The van der Waals surface area contributed by atoms with E-state index in [0.717, 1.165) is 0 Å². The number of anilines is 1. The third-order valence-electron chi connectivity index (χ3n) is 3.69. The molecule has 2 aromatic rings. The van der Waals surface area contributed by atoms with Crippen LogP contribution in [-0.2, 0) is 10.0 Å². The number of nitrogens with one attached hydrogen (secondary N) is 2. The van der Waals surface area contributed by atoms with E-state index < -0.39 is 15.9 Å². The molecule has 0 fully saturated rings. The molecule has 0 saturated carbocycles. The Morgan fingerprint density at radius 1 is 1.16 bits per heavy atom. The lowest BCUT2D eigenvalue weighted by Gasteiger charge is -2.12. The fourth-order valence-electron chi connectivity index (χ4n) is 2.09. The van der Waals surface area contributed by atoms with Gasteiger partial charge in [-0.15, -0.1) is 0 Å². The van der Waals surface area contributed by atoms with E-state index >= 15 is 0 Å². The van der Waals surface area contributed by atoms with Gasteiger partial charge in [0.15, 0.2) is 0 Å². The highest BCUT2D eigenvalue weighted by Crippen LogP contribution is 2.16. The number of hydrogen-bond acceptors (Lipinski definition) is 4. The summed E-state index contributed by atoms with van der Waals surface area (Å²) in [6, 6.07) is 14.1. The molecule has 1 atom stereocenters. The van der Waals surface area contributed by atoms with E-state index in [1.807, 2.05) is 13.0 Å². The lowest BCUT2D eigenvalue weighted by molar-refractivity contribution is 0.102. The predicted molar refractivity (Wildman–Crippen MR) is 95.6 cm³/mol. The molecule has 0 aliphatic carbocycles. The van der Waals surface area contributed by atoms with E-state index in [0.29, 0.717) is 23.2 Å². The Morgan fingerprint density at radius 3 is 2.40 bits per heavy atom. The van der Waals surface area contributed by atoms with Gasteiger partial charge in [0, 0.05) is 11.6 Å². The van der Waals surface area contributed by atoms with Gasteiger partial charge in [0.2, 0.25) is 10.0 Å². The Balaban J connectivity index is 2.17. The molecular weight excluding hydrogens is 338 g/mol. The van der Waals surface area contributed by atoms with Crippen LogP contribution in [0.15, 0.2) is 53.4 Å². The van der Waals surface area contributed by atoms with Crippen molar-refractivity contribution in [3.05, 3.63) is 59.7 Å². The first kappa shape index (κ1) is 18.6. The average molecular weight is 357 g/mol. The van der Waals surface area contributed by atoms with Crippen molar-refractivity contribution in [2.75, 3.05) is 5.32 Å². The van der Waals surface area contributed by atoms with Crippen LogP contribution in [0, 0.1) is 11.3 Å². The fourth-order valence-corrected chi connectivity index (χ4v) is 3.41. The summed E-state index contributed by atoms with van der Waals surface area (Å²) in [5.74, 6) is -0.415. The van der Waals surface area contributed by atoms with Gasteiger partial charge in [0.1, 0.15) is 6.07 Å². The van der Waals surface area contributed by atoms with E-state index in [9.17, 15) is 13.2 Å². The van der Waals surface area contributed by atoms with Crippen LogP contribution in [0.1, 0.15) is 36.2 Å². The molecule has 0 aliphatic heterocycles. The molecule has 130 valence electrons. The van der Waals surface area contributed by atoms with Crippen LogP contribution >= 0.6 is 0 Å². The topological polar surface area (TPSA) is 99.1 Å². The molecule has 0 radical (unpaired) electrons. The van der Waals surface area contributed by atoms with Crippen LogP contribution in [0.2, 0.25) is 0 Å². The van der Waals surface area contributed by atoms with Gasteiger partial charge >= 0.3 is 0 Å². The van der Waals surface area contributed by atoms with Crippen molar-refractivity contribution < 1.29 is 13.2 Å². The highest BCUT2D eigenvalue weighted by molar-refractivity contribution is 7.89. The molecule has 1 amide bonds. The minimum Gasteiger partial charge on any atom is -0.321 e. The lowest BCUT2D eigenvalue weighted by atomic mass is 10.1. The van der Waals surface area contributed by atoms with E-state index in [4.69, 9.17) is 5.26 Å². The Morgan fingerprint density at radius 2 is 1.80 bits per heavy atom. The zero-order valence-corrected chi connectivity index (χ0v) is 14.8. The molecule has 0 heterocycles. The van der Waals surface area contributed by atoms with Gasteiger partial charge in [-0.05, 0) is 49.7 Å². The Labute approximate surface area is 147 Å². The summed E-state index contributed by atoms with van der Waals surface area (Å²) in [6.07, 6.45) is 0.679. The number of hydrogen-bond donors (Lipinski definition) is 2. The third-order valence-corrected chi connectivity index (χ3v) is 5.30. The van der Waals surface area contributed by atoms with Crippen molar-refractivity contribution in [2.24, 2.45) is 0 Å². The molecular formula is C18H19N3O3S. The summed E-state index contributed by atoms with van der Waals surface area (Å²) < 4.78 is 27.0. The van der Waals surface area contributed by atoms with Crippen LogP contribution in [0.5, 0.6) is 0 Å². The summed E-state index contributed by atoms with van der Waals surface area (Å²) in [5.41, 5.74) is 1.06. The normalized spacial score (nSPS) is 12.2. The van der Waals surface area contributed by atoms with Gasteiger partial charge in [-0.3, -0.25) is 4.79 Å². The number of benzene rings is 2. The maximum absolute atomic E-state index is 12.3. The van der Waals surface area contributed by atoms with Crippen molar-refractivity contribution in [1.29, 1.82) is 5.26 Å². The van der Waals surface area contributed by atoms with E-state index in [-0.39, 0.29) is 10.9 Å². The van der Waals surface area contributed by atoms with Gasteiger partial charge in [0.25, 0.3) is 5.91 Å². The lowest BCUT2D eigenvalue weighted by Crippen LogP contribution is -2.32. The van der Waals surface area contributed by atoms with Crippen molar-refractivity contribution in [1.82, 2.24) is 4.72 Å². The molecule has 0 aromatic heterocycles. The number of para-hydroxylation sites is 1. The van der Waals surface area contributed by atoms with Crippen LogP contribution in [0.25, 0.3) is 0 Å². The Hall–Kier alpha value is -2.69. The van der Waals surface area contributed by atoms with Crippen LogP contribution in [-0.4, -0.2) is 20.4 Å². The number of rotatable bonds is 6. The van der Waals surface area contributed by atoms with Crippen LogP contribution in [0.3, 0.4) is 0 Å². The summed E-state index contributed by atoms with van der Waals surface area (Å²) in [5, 5.41) is 11.7. The van der Waals surface area contributed by atoms with Crippen LogP contribution < -0.4 is 10.0 Å². The maximum Gasteiger partial charge on any atom is 0.255 e. The van der Waals surface area contributed by atoms with E-state index in [1.54, 1.807) is 31.2 Å². The zero-order chi connectivity index (χ0) is 18.4. The summed E-state index contributed by atoms with van der Waals surface area (Å²) >= 11 is 0. The molecule has 2 N–H and O–H groups in total. The summed E-state index contributed by atoms with van der Waals surface area (Å²) in [4.78, 5) is 12.4. The van der Waals surface area contributed by atoms with Gasteiger partial charge in [-0.2, -0.15) is 5.26 Å². The van der Waals surface area contributed by atoms with Gasteiger partial charge in [0.05, 0.1) is 16.1 Å². The molecule has 1 unspecified atom stereocenters. The smallest absolute Gasteiger partial charge is 0.255 e. The fraction of sp³-hybridized carbons (Fsp3) is 0.222. The van der Waals surface area contributed by atoms with Gasteiger partial charge in [-0.1, -0.05) is 19.1 Å². The number of nitrogens with zero attached hydrogens (tertiary/aromatic N) is 1. The maximum atomic E-state index is 12.3. The summed E-state index contributed by atoms with van der Waals surface area (Å²) in [6.45, 7) is 3.67. The molecule has 0 bridgehead atoms. The molecule has 6 nitrogen and oxygen atoms in total.